The van der Waals surface area contributed by atoms with Gasteiger partial charge in [0.1, 0.15) is 6.04 Å². The first-order valence-electron chi connectivity index (χ1n) is 2.27. The fraction of sp³-hybridized carbons (Fsp3) is 0.750. The third kappa shape index (κ3) is 5.22. The maximum atomic E-state index is 9.85. The first-order valence-corrected chi connectivity index (χ1v) is 2.27. The number of nitrogens with two attached hydrogens (primary N) is 1. The van der Waals surface area contributed by atoms with Crippen LogP contribution in [0.1, 0.15) is 6.42 Å². The Morgan fingerprint density at radius 1 is 1.67 bits per heavy atom. The molecule has 0 saturated carbocycles. The minimum absolute atomic E-state index is 0. The number of aliphatic hydroxyl groups excluding tert-OH is 1. The van der Waals surface area contributed by atoms with Crippen molar-refractivity contribution >= 4 is 5.97 Å². The molecule has 5 nitrogen and oxygen atoms in total. The zero-order valence-corrected chi connectivity index (χ0v) is 4.87. The van der Waals surface area contributed by atoms with E-state index in [0.29, 0.717) is 0 Å². The fourth-order valence-electron chi connectivity index (χ4n) is 0.263. The minimum Gasteiger partial charge on any atom is -0.480 e. The summed E-state index contributed by atoms with van der Waals surface area (Å²) in [6.45, 7) is -0.173. The highest BCUT2D eigenvalue weighted by Crippen LogP contribution is 1.83. The second-order valence-corrected chi connectivity index (χ2v) is 1.46. The molecular weight excluding hydrogens is 126 g/mol. The van der Waals surface area contributed by atoms with Gasteiger partial charge in [0.2, 0.25) is 0 Å². The molecule has 0 saturated heterocycles. The number of carboxylic acids is 1. The van der Waals surface area contributed by atoms with E-state index in [1.54, 1.807) is 0 Å². The molecule has 0 heterocycles. The highest BCUT2D eigenvalue weighted by molar-refractivity contribution is 5.72. The Labute approximate surface area is 52.4 Å². The van der Waals surface area contributed by atoms with E-state index in [0.717, 1.165) is 0 Å². The maximum Gasteiger partial charge on any atom is 0.320 e. The molecule has 0 aromatic carbocycles. The van der Waals surface area contributed by atoms with Gasteiger partial charge in [-0.3, -0.25) is 4.79 Å². The van der Waals surface area contributed by atoms with E-state index in [1.807, 2.05) is 0 Å². The molecule has 0 aromatic heterocycles. The summed E-state index contributed by atoms with van der Waals surface area (Å²) in [6.07, 6.45) is 0.120. The van der Waals surface area contributed by atoms with Crippen LogP contribution in [0, 0.1) is 0 Å². The molecule has 1 atom stereocenters. The average Bonchev–Trinajstić information content (AvgIpc) is 1.67. The van der Waals surface area contributed by atoms with E-state index < -0.39 is 12.0 Å². The van der Waals surface area contributed by atoms with Crippen molar-refractivity contribution in [3.05, 3.63) is 0 Å². The molecule has 0 aromatic rings. The first kappa shape index (κ1) is 11.2. The Balaban J connectivity index is 0. The lowest BCUT2D eigenvalue weighted by Crippen LogP contribution is -2.30. The zero-order valence-electron chi connectivity index (χ0n) is 4.87. The fourth-order valence-corrected chi connectivity index (χ4v) is 0.263. The molecule has 0 unspecified atom stereocenters. The molecule has 0 spiro atoms. The van der Waals surface area contributed by atoms with E-state index in [1.165, 1.54) is 0 Å². The molecule has 0 bridgehead atoms. The van der Waals surface area contributed by atoms with Crippen molar-refractivity contribution in [2.45, 2.75) is 12.5 Å². The van der Waals surface area contributed by atoms with E-state index in [2.05, 4.69) is 0 Å². The second kappa shape index (κ2) is 5.49. The molecule has 0 aliphatic carbocycles. The summed E-state index contributed by atoms with van der Waals surface area (Å²) in [6, 6.07) is -0.917. The predicted molar refractivity (Wildman–Crippen MR) is 30.9 cm³/mol. The van der Waals surface area contributed by atoms with Gasteiger partial charge < -0.3 is 21.4 Å². The van der Waals surface area contributed by atoms with Crippen molar-refractivity contribution < 1.29 is 20.5 Å². The Hall–Kier alpha value is -0.650. The maximum absolute atomic E-state index is 9.85. The first-order chi connectivity index (χ1) is 3.68. The molecule has 56 valence electrons. The summed E-state index contributed by atoms with van der Waals surface area (Å²) in [5, 5.41) is 16.2. The number of rotatable bonds is 3. The van der Waals surface area contributed by atoms with Crippen LogP contribution in [0.4, 0.5) is 0 Å². The molecule has 6 N–H and O–H groups in total. The van der Waals surface area contributed by atoms with Gasteiger partial charge in [0.25, 0.3) is 0 Å². The third-order valence-electron chi connectivity index (χ3n) is 0.757. The second-order valence-electron chi connectivity index (χ2n) is 1.46. The highest BCUT2D eigenvalue weighted by Gasteiger charge is 2.08. The molecule has 5 heteroatoms. The molecule has 9 heavy (non-hydrogen) atoms. The molecule has 0 radical (unpaired) electrons. The van der Waals surface area contributed by atoms with Gasteiger partial charge >= 0.3 is 5.97 Å². The van der Waals surface area contributed by atoms with E-state index in [-0.39, 0.29) is 18.5 Å². The number of aliphatic carboxylic acids is 1. The van der Waals surface area contributed by atoms with Crippen LogP contribution in [0.15, 0.2) is 0 Å². The molecule has 0 rings (SSSR count). The normalized spacial score (nSPS) is 11.8. The van der Waals surface area contributed by atoms with Gasteiger partial charge in [-0.05, 0) is 6.42 Å². The van der Waals surface area contributed by atoms with Gasteiger partial charge in [-0.2, -0.15) is 0 Å². The van der Waals surface area contributed by atoms with Gasteiger partial charge in [0, 0.05) is 6.61 Å². The van der Waals surface area contributed by atoms with E-state index in [4.69, 9.17) is 15.9 Å². The number of hydrogen-bond donors (Lipinski definition) is 3. The van der Waals surface area contributed by atoms with Crippen LogP contribution in [0.2, 0.25) is 0 Å². The summed E-state index contributed by atoms with van der Waals surface area (Å²) in [5.41, 5.74) is 4.97. The molecule has 0 amide bonds. The van der Waals surface area contributed by atoms with Crippen molar-refractivity contribution in [1.82, 2.24) is 0 Å². The van der Waals surface area contributed by atoms with Crippen molar-refractivity contribution in [2.24, 2.45) is 5.73 Å². The summed E-state index contributed by atoms with van der Waals surface area (Å²) in [5.74, 6) is -1.07. The van der Waals surface area contributed by atoms with Gasteiger partial charge in [0.05, 0.1) is 0 Å². The van der Waals surface area contributed by atoms with Crippen molar-refractivity contribution in [1.29, 1.82) is 0 Å². The van der Waals surface area contributed by atoms with Gasteiger partial charge in [0.15, 0.2) is 0 Å². The third-order valence-corrected chi connectivity index (χ3v) is 0.757. The number of aliphatic hydroxyl groups is 1. The quantitative estimate of drug-likeness (QED) is 0.415. The SMILES string of the molecule is N[C@@H](CCO)C(=O)O.O. The van der Waals surface area contributed by atoms with Crippen molar-refractivity contribution in [2.75, 3.05) is 6.61 Å². The highest BCUT2D eigenvalue weighted by atomic mass is 16.4. The van der Waals surface area contributed by atoms with Crippen LogP contribution in [-0.2, 0) is 4.79 Å². The molecule has 0 aliphatic heterocycles. The lowest BCUT2D eigenvalue weighted by Gasteiger charge is -2.00. The van der Waals surface area contributed by atoms with Gasteiger partial charge in [-0.25, -0.2) is 0 Å². The summed E-state index contributed by atoms with van der Waals surface area (Å²) in [7, 11) is 0. The molecular formula is C4H11NO4. The predicted octanol–water partition coefficient (Wildman–Crippen LogP) is -2.04. The summed E-state index contributed by atoms with van der Waals surface area (Å²) >= 11 is 0. The van der Waals surface area contributed by atoms with Gasteiger partial charge in [-0.1, -0.05) is 0 Å². The Kier molecular flexibility index (Phi) is 6.82. The van der Waals surface area contributed by atoms with Crippen molar-refractivity contribution in [3.8, 4) is 0 Å². The minimum atomic E-state index is -1.07. The smallest absolute Gasteiger partial charge is 0.320 e. The van der Waals surface area contributed by atoms with Gasteiger partial charge in [-0.15, -0.1) is 0 Å². The number of carboxylic acid groups (broad SMARTS) is 1. The van der Waals surface area contributed by atoms with Crippen LogP contribution in [0.3, 0.4) is 0 Å². The lowest BCUT2D eigenvalue weighted by molar-refractivity contribution is -0.138. The monoisotopic (exact) mass is 137 g/mol. The van der Waals surface area contributed by atoms with Crippen LogP contribution in [0.5, 0.6) is 0 Å². The van der Waals surface area contributed by atoms with E-state index >= 15 is 0 Å². The number of hydrogen-bond acceptors (Lipinski definition) is 3. The number of carbonyl (C=O) groups is 1. The Morgan fingerprint density at radius 2 is 2.11 bits per heavy atom. The molecule has 0 fully saturated rings. The largest absolute Gasteiger partial charge is 0.480 e. The Bertz CT molecular complexity index is 84.6. The zero-order chi connectivity index (χ0) is 6.57. The summed E-state index contributed by atoms with van der Waals surface area (Å²) in [4.78, 5) is 9.85. The van der Waals surface area contributed by atoms with Crippen molar-refractivity contribution in [3.63, 3.8) is 0 Å². The average molecular weight is 137 g/mol. The van der Waals surface area contributed by atoms with Crippen LogP contribution < -0.4 is 5.73 Å². The van der Waals surface area contributed by atoms with Crippen LogP contribution in [0.25, 0.3) is 0 Å². The van der Waals surface area contributed by atoms with E-state index in [9.17, 15) is 4.79 Å². The van der Waals surface area contributed by atoms with Crippen LogP contribution in [-0.4, -0.2) is 34.3 Å². The Morgan fingerprint density at radius 3 is 2.22 bits per heavy atom. The van der Waals surface area contributed by atoms with Crippen LogP contribution >= 0.6 is 0 Å². The molecule has 0 aliphatic rings. The summed E-state index contributed by atoms with van der Waals surface area (Å²) < 4.78 is 0. The standard InChI is InChI=1S/C4H9NO3.H2O/c5-3(1-2-6)4(7)8;/h3,6H,1-2,5H2,(H,7,8);1H2/t3-;/m0./s1. The lowest BCUT2D eigenvalue weighted by atomic mass is 10.2. The topological polar surface area (TPSA) is 115 Å².